The molecule has 6 heteroatoms. The number of ether oxygens (including phenoxy) is 1. The Labute approximate surface area is 143 Å². The van der Waals surface area contributed by atoms with Crippen molar-refractivity contribution < 1.29 is 18.7 Å². The molecule has 124 valence electrons. The third-order valence-corrected chi connectivity index (χ3v) is 4.58. The first-order valence-corrected chi connectivity index (χ1v) is 8.43. The van der Waals surface area contributed by atoms with Crippen LogP contribution in [0.3, 0.4) is 0 Å². The van der Waals surface area contributed by atoms with Gasteiger partial charge in [0.2, 0.25) is 5.76 Å². The van der Waals surface area contributed by atoms with Gasteiger partial charge < -0.3 is 14.5 Å². The summed E-state index contributed by atoms with van der Waals surface area (Å²) >= 11 is 1.55. The molecular formula is C18H17NO4S. The molecule has 0 unspecified atom stereocenters. The lowest BCUT2D eigenvalue weighted by atomic mass is 10.1. The summed E-state index contributed by atoms with van der Waals surface area (Å²) in [6.07, 6.45) is -0.898. The molecule has 2 aromatic heterocycles. The molecule has 0 radical (unpaired) electrons. The number of hydrogen-bond donors (Lipinski definition) is 1. The van der Waals surface area contributed by atoms with Crippen molar-refractivity contribution >= 4 is 34.2 Å². The van der Waals surface area contributed by atoms with Crippen LogP contribution in [0.15, 0.2) is 46.2 Å². The second-order valence-corrected chi connectivity index (χ2v) is 6.43. The first-order chi connectivity index (χ1) is 11.6. The van der Waals surface area contributed by atoms with Crippen LogP contribution in [0, 0.1) is 6.92 Å². The number of aryl methyl sites for hydroxylation is 1. The van der Waals surface area contributed by atoms with Gasteiger partial charge in [-0.05, 0) is 31.4 Å². The van der Waals surface area contributed by atoms with E-state index in [2.05, 4.69) is 5.32 Å². The maximum Gasteiger partial charge on any atom is 0.375 e. The van der Waals surface area contributed by atoms with Gasteiger partial charge in [0.05, 0.1) is 6.54 Å². The van der Waals surface area contributed by atoms with E-state index in [9.17, 15) is 9.59 Å². The third kappa shape index (κ3) is 3.33. The Kier molecular flexibility index (Phi) is 4.66. The van der Waals surface area contributed by atoms with Crippen LogP contribution in [0.5, 0.6) is 0 Å². The van der Waals surface area contributed by atoms with E-state index in [4.69, 9.17) is 9.15 Å². The van der Waals surface area contributed by atoms with Gasteiger partial charge in [-0.3, -0.25) is 4.79 Å². The van der Waals surface area contributed by atoms with Gasteiger partial charge in [-0.15, -0.1) is 11.3 Å². The second kappa shape index (κ2) is 6.88. The molecule has 24 heavy (non-hydrogen) atoms. The van der Waals surface area contributed by atoms with E-state index in [0.29, 0.717) is 17.7 Å². The largest absolute Gasteiger partial charge is 0.449 e. The van der Waals surface area contributed by atoms with Crippen molar-refractivity contribution in [1.82, 2.24) is 5.32 Å². The zero-order valence-electron chi connectivity index (χ0n) is 13.4. The Hall–Kier alpha value is -2.60. The maximum atomic E-state index is 12.3. The number of esters is 1. The van der Waals surface area contributed by atoms with E-state index in [1.165, 1.54) is 0 Å². The number of hydrogen-bond acceptors (Lipinski definition) is 5. The average molecular weight is 343 g/mol. The molecule has 0 spiro atoms. The molecule has 1 aromatic carbocycles. The summed E-state index contributed by atoms with van der Waals surface area (Å²) in [5.74, 6) is -0.845. The monoisotopic (exact) mass is 343 g/mol. The predicted molar refractivity (Wildman–Crippen MR) is 92.0 cm³/mol. The third-order valence-electron chi connectivity index (χ3n) is 3.70. The van der Waals surface area contributed by atoms with Gasteiger partial charge >= 0.3 is 5.97 Å². The Balaban J connectivity index is 1.64. The minimum atomic E-state index is -0.898. The van der Waals surface area contributed by atoms with Crippen LogP contribution < -0.4 is 5.32 Å². The van der Waals surface area contributed by atoms with Gasteiger partial charge in [0.1, 0.15) is 5.58 Å². The summed E-state index contributed by atoms with van der Waals surface area (Å²) in [6.45, 7) is 3.76. The number of amides is 1. The highest BCUT2D eigenvalue weighted by Crippen LogP contribution is 2.25. The predicted octanol–water partition coefficient (Wildman–Crippen LogP) is 3.66. The molecule has 0 aliphatic rings. The summed E-state index contributed by atoms with van der Waals surface area (Å²) in [4.78, 5) is 25.4. The zero-order valence-corrected chi connectivity index (χ0v) is 14.2. The lowest BCUT2D eigenvalue weighted by Crippen LogP contribution is -2.35. The normalized spacial score (nSPS) is 12.1. The number of furan rings is 1. The van der Waals surface area contributed by atoms with Crippen LogP contribution in [0.4, 0.5) is 0 Å². The summed E-state index contributed by atoms with van der Waals surface area (Å²) in [5.41, 5.74) is 1.33. The van der Waals surface area contributed by atoms with Crippen LogP contribution in [0.2, 0.25) is 0 Å². The fraction of sp³-hybridized carbons (Fsp3) is 0.222. The van der Waals surface area contributed by atoms with Crippen molar-refractivity contribution in [2.45, 2.75) is 26.5 Å². The number of carbonyl (C=O) groups excluding carboxylic acids is 2. The molecule has 0 saturated heterocycles. The number of rotatable bonds is 5. The Bertz CT molecular complexity index is 866. The average Bonchev–Trinajstić information content (AvgIpc) is 3.21. The highest BCUT2D eigenvalue weighted by Gasteiger charge is 2.23. The highest BCUT2D eigenvalue weighted by molar-refractivity contribution is 7.09. The minimum Gasteiger partial charge on any atom is -0.449 e. The first kappa shape index (κ1) is 16.3. The van der Waals surface area contributed by atoms with Gasteiger partial charge in [0.15, 0.2) is 6.10 Å². The van der Waals surface area contributed by atoms with Crippen LogP contribution in [-0.2, 0) is 16.1 Å². The van der Waals surface area contributed by atoms with E-state index in [-0.39, 0.29) is 11.7 Å². The Morgan fingerprint density at radius 3 is 2.75 bits per heavy atom. The standard InChI is InChI=1S/C18H17NO4S/c1-11-14-7-3-4-8-15(14)23-16(11)18(21)22-12(2)17(20)19-10-13-6-5-9-24-13/h3-9,12H,10H2,1-2H3,(H,19,20)/t12-/m1/s1. The SMILES string of the molecule is Cc1c(C(=O)O[C@H](C)C(=O)NCc2cccs2)oc2ccccc12. The number of fused-ring (bicyclic) bond motifs is 1. The molecular weight excluding hydrogens is 326 g/mol. The van der Waals surface area contributed by atoms with Gasteiger partial charge in [-0.25, -0.2) is 4.79 Å². The molecule has 0 aliphatic carbocycles. The molecule has 0 fully saturated rings. The van der Waals surface area contributed by atoms with Gasteiger partial charge in [-0.1, -0.05) is 24.3 Å². The van der Waals surface area contributed by atoms with Crippen LogP contribution in [0.25, 0.3) is 11.0 Å². The number of benzene rings is 1. The molecule has 1 atom stereocenters. The maximum absolute atomic E-state index is 12.3. The van der Waals surface area contributed by atoms with E-state index in [0.717, 1.165) is 10.3 Å². The summed E-state index contributed by atoms with van der Waals surface area (Å²) < 4.78 is 10.8. The summed E-state index contributed by atoms with van der Waals surface area (Å²) in [6, 6.07) is 11.2. The lowest BCUT2D eigenvalue weighted by Gasteiger charge is -2.12. The quantitative estimate of drug-likeness (QED) is 0.718. The molecule has 2 heterocycles. The van der Waals surface area contributed by atoms with Gasteiger partial charge in [0, 0.05) is 15.8 Å². The number of thiophene rings is 1. The minimum absolute atomic E-state index is 0.133. The molecule has 0 bridgehead atoms. The van der Waals surface area contributed by atoms with Crippen LogP contribution in [0.1, 0.15) is 27.9 Å². The van der Waals surface area contributed by atoms with Crippen molar-refractivity contribution in [3.8, 4) is 0 Å². The topological polar surface area (TPSA) is 68.5 Å². The fourth-order valence-corrected chi connectivity index (χ4v) is 3.01. The van der Waals surface area contributed by atoms with Gasteiger partial charge in [-0.2, -0.15) is 0 Å². The van der Waals surface area contributed by atoms with Crippen molar-refractivity contribution in [2.75, 3.05) is 0 Å². The van der Waals surface area contributed by atoms with E-state index < -0.39 is 12.1 Å². The van der Waals surface area contributed by atoms with Crippen LogP contribution >= 0.6 is 11.3 Å². The Morgan fingerprint density at radius 1 is 1.25 bits per heavy atom. The van der Waals surface area contributed by atoms with Crippen molar-refractivity contribution in [2.24, 2.45) is 0 Å². The van der Waals surface area contributed by atoms with E-state index in [1.54, 1.807) is 31.3 Å². The molecule has 1 amide bonds. The summed E-state index contributed by atoms with van der Waals surface area (Å²) in [7, 11) is 0. The number of para-hydroxylation sites is 1. The van der Waals surface area contributed by atoms with E-state index >= 15 is 0 Å². The second-order valence-electron chi connectivity index (χ2n) is 5.40. The lowest BCUT2D eigenvalue weighted by molar-refractivity contribution is -0.129. The fourth-order valence-electron chi connectivity index (χ4n) is 2.37. The van der Waals surface area contributed by atoms with E-state index in [1.807, 2.05) is 35.7 Å². The van der Waals surface area contributed by atoms with Crippen molar-refractivity contribution in [1.29, 1.82) is 0 Å². The summed E-state index contributed by atoms with van der Waals surface area (Å²) in [5, 5.41) is 5.55. The molecule has 5 nitrogen and oxygen atoms in total. The highest BCUT2D eigenvalue weighted by atomic mass is 32.1. The molecule has 3 rings (SSSR count). The smallest absolute Gasteiger partial charge is 0.375 e. The van der Waals surface area contributed by atoms with Crippen molar-refractivity contribution in [3.63, 3.8) is 0 Å². The number of nitrogens with one attached hydrogen (secondary N) is 1. The molecule has 1 N–H and O–H groups in total. The van der Waals surface area contributed by atoms with Crippen molar-refractivity contribution in [3.05, 3.63) is 58.0 Å². The molecule has 0 saturated carbocycles. The molecule has 3 aromatic rings. The number of carbonyl (C=O) groups is 2. The first-order valence-electron chi connectivity index (χ1n) is 7.55. The van der Waals surface area contributed by atoms with Gasteiger partial charge in [0.25, 0.3) is 5.91 Å². The van der Waals surface area contributed by atoms with Crippen LogP contribution in [-0.4, -0.2) is 18.0 Å². The Morgan fingerprint density at radius 2 is 2.04 bits per heavy atom. The molecule has 0 aliphatic heterocycles. The zero-order chi connectivity index (χ0) is 17.1.